The SMILES string of the molecule is O=C1[C@H]2[C@H](Cc3c[nH]c4ccccc34)N[C@]3(C(=O)Nc4ccc([N+](=O)[O-])cc43)[C@@H]2C(=O)N1c1ccc2c(c1)OCO2. The molecule has 5 heterocycles. The monoisotopic (exact) mass is 551 g/mol. The van der Waals surface area contributed by atoms with E-state index in [0.717, 1.165) is 21.4 Å². The van der Waals surface area contributed by atoms with E-state index in [4.69, 9.17) is 9.47 Å². The van der Waals surface area contributed by atoms with Crippen LogP contribution in [0.4, 0.5) is 17.1 Å². The van der Waals surface area contributed by atoms with Gasteiger partial charge in [-0.25, -0.2) is 4.90 Å². The topological polar surface area (TPSA) is 156 Å². The van der Waals surface area contributed by atoms with E-state index in [1.807, 2.05) is 30.5 Å². The molecule has 2 saturated heterocycles. The molecule has 204 valence electrons. The number of anilines is 2. The van der Waals surface area contributed by atoms with E-state index < -0.39 is 46.1 Å². The van der Waals surface area contributed by atoms with Gasteiger partial charge in [-0.1, -0.05) is 18.2 Å². The highest BCUT2D eigenvalue weighted by molar-refractivity contribution is 6.26. The summed E-state index contributed by atoms with van der Waals surface area (Å²) >= 11 is 0. The number of ether oxygens (including phenoxy) is 2. The van der Waals surface area contributed by atoms with Gasteiger partial charge < -0.3 is 19.8 Å². The summed E-state index contributed by atoms with van der Waals surface area (Å²) in [7, 11) is 0. The molecular weight excluding hydrogens is 530 g/mol. The number of aromatic amines is 1. The van der Waals surface area contributed by atoms with Crippen molar-refractivity contribution < 1.29 is 28.8 Å². The zero-order valence-corrected chi connectivity index (χ0v) is 21.2. The number of imide groups is 1. The number of benzene rings is 3. The number of amides is 3. The number of nitrogens with zero attached hydrogens (tertiary/aromatic N) is 2. The summed E-state index contributed by atoms with van der Waals surface area (Å²) in [6, 6.07) is 16.0. The van der Waals surface area contributed by atoms with Gasteiger partial charge in [0.1, 0.15) is 5.54 Å². The Morgan fingerprint density at radius 1 is 1.00 bits per heavy atom. The normalized spacial score (nSPS) is 25.7. The van der Waals surface area contributed by atoms with Crippen LogP contribution in [0, 0.1) is 22.0 Å². The fourth-order valence-corrected chi connectivity index (χ4v) is 6.89. The number of nitrogens with one attached hydrogen (secondary N) is 3. The van der Waals surface area contributed by atoms with Gasteiger partial charge in [0.05, 0.1) is 22.4 Å². The molecule has 4 aliphatic rings. The number of nitro benzene ring substituents is 1. The van der Waals surface area contributed by atoms with Crippen LogP contribution >= 0.6 is 0 Å². The number of carbonyl (C=O) groups is 3. The molecule has 41 heavy (non-hydrogen) atoms. The van der Waals surface area contributed by atoms with Crippen molar-refractivity contribution in [2.24, 2.45) is 11.8 Å². The molecule has 0 bridgehead atoms. The zero-order chi connectivity index (χ0) is 28.0. The van der Waals surface area contributed by atoms with Crippen LogP contribution in [0.2, 0.25) is 0 Å². The van der Waals surface area contributed by atoms with Crippen LogP contribution in [0.5, 0.6) is 11.5 Å². The molecule has 12 heteroatoms. The van der Waals surface area contributed by atoms with Gasteiger partial charge in [0, 0.05) is 52.6 Å². The summed E-state index contributed by atoms with van der Waals surface area (Å²) in [4.78, 5) is 57.7. The molecule has 3 aromatic carbocycles. The van der Waals surface area contributed by atoms with Gasteiger partial charge in [-0.05, 0) is 36.2 Å². The van der Waals surface area contributed by atoms with Crippen LogP contribution in [0.1, 0.15) is 11.1 Å². The van der Waals surface area contributed by atoms with Crippen LogP contribution in [-0.2, 0) is 26.3 Å². The number of para-hydroxylation sites is 1. The maximum absolute atomic E-state index is 14.3. The quantitative estimate of drug-likeness (QED) is 0.199. The summed E-state index contributed by atoms with van der Waals surface area (Å²) in [6.45, 7) is 0.0292. The number of fused-ring (bicyclic) bond motifs is 6. The average molecular weight is 552 g/mol. The highest BCUT2D eigenvalue weighted by Gasteiger charge is 2.70. The highest BCUT2D eigenvalue weighted by atomic mass is 16.7. The second kappa shape index (κ2) is 8.15. The van der Waals surface area contributed by atoms with Crippen molar-refractivity contribution in [3.8, 4) is 11.5 Å². The largest absolute Gasteiger partial charge is 0.454 e. The summed E-state index contributed by atoms with van der Waals surface area (Å²) in [5, 5.41) is 18.8. The van der Waals surface area contributed by atoms with Gasteiger partial charge in [0.25, 0.3) is 5.69 Å². The summed E-state index contributed by atoms with van der Waals surface area (Å²) in [5.74, 6) is -2.71. The molecule has 4 aromatic rings. The Kier molecular flexibility index (Phi) is 4.70. The summed E-state index contributed by atoms with van der Waals surface area (Å²) in [6.07, 6.45) is 2.19. The molecule has 0 aliphatic carbocycles. The summed E-state index contributed by atoms with van der Waals surface area (Å²) < 4.78 is 10.9. The molecule has 1 aromatic heterocycles. The Labute approximate surface area is 231 Å². The van der Waals surface area contributed by atoms with E-state index in [1.54, 1.807) is 18.2 Å². The zero-order valence-electron chi connectivity index (χ0n) is 21.2. The first-order valence-electron chi connectivity index (χ1n) is 13.1. The number of H-pyrrole nitrogens is 1. The fraction of sp³-hybridized carbons (Fsp3) is 0.207. The molecule has 4 atom stereocenters. The van der Waals surface area contributed by atoms with Crippen molar-refractivity contribution in [2.75, 3.05) is 17.0 Å². The van der Waals surface area contributed by atoms with Crippen LogP contribution in [-0.4, -0.2) is 40.5 Å². The number of carbonyl (C=O) groups excluding carboxylic acids is 3. The molecule has 0 unspecified atom stereocenters. The fourth-order valence-electron chi connectivity index (χ4n) is 6.89. The molecule has 4 aliphatic heterocycles. The molecule has 2 fully saturated rings. The molecular formula is C29H21N5O7. The Balaban J connectivity index is 1.28. The van der Waals surface area contributed by atoms with Gasteiger partial charge in [0.15, 0.2) is 11.5 Å². The number of hydrogen-bond acceptors (Lipinski definition) is 8. The maximum atomic E-state index is 14.3. The van der Waals surface area contributed by atoms with Crippen molar-refractivity contribution in [1.29, 1.82) is 0 Å². The van der Waals surface area contributed by atoms with Crippen LogP contribution in [0.15, 0.2) is 66.9 Å². The number of non-ortho nitro benzene ring substituents is 1. The van der Waals surface area contributed by atoms with Gasteiger partial charge in [-0.2, -0.15) is 0 Å². The van der Waals surface area contributed by atoms with Crippen LogP contribution in [0.25, 0.3) is 10.9 Å². The van der Waals surface area contributed by atoms with Crippen molar-refractivity contribution in [2.45, 2.75) is 18.0 Å². The highest BCUT2D eigenvalue weighted by Crippen LogP contribution is 2.55. The third-order valence-electron chi connectivity index (χ3n) is 8.64. The smallest absolute Gasteiger partial charge is 0.269 e. The first kappa shape index (κ1) is 23.6. The number of hydrogen-bond donors (Lipinski definition) is 3. The lowest BCUT2D eigenvalue weighted by atomic mass is 9.76. The van der Waals surface area contributed by atoms with Crippen molar-refractivity contribution >= 4 is 45.7 Å². The summed E-state index contributed by atoms with van der Waals surface area (Å²) in [5.41, 5.74) is 0.874. The third-order valence-corrected chi connectivity index (χ3v) is 8.64. The lowest BCUT2D eigenvalue weighted by molar-refractivity contribution is -0.384. The minimum absolute atomic E-state index is 0.0292. The maximum Gasteiger partial charge on any atom is 0.269 e. The van der Waals surface area contributed by atoms with E-state index in [1.165, 1.54) is 18.2 Å². The second-order valence-electron chi connectivity index (χ2n) is 10.6. The minimum Gasteiger partial charge on any atom is -0.454 e. The molecule has 8 rings (SSSR count). The molecule has 3 amide bonds. The van der Waals surface area contributed by atoms with Crippen LogP contribution in [0.3, 0.4) is 0 Å². The van der Waals surface area contributed by atoms with Crippen molar-refractivity contribution in [3.63, 3.8) is 0 Å². The number of nitro groups is 1. The van der Waals surface area contributed by atoms with Crippen molar-refractivity contribution in [3.05, 3.63) is 88.1 Å². The standard InChI is InChI=1S/C29H21N5O7/c35-26-24-21(9-14-12-30-19-4-2-1-3-17(14)19)32-29(18-10-16(34(38)39)5-7-20(18)31-28(29)37)25(24)27(36)33(26)15-6-8-22-23(11-15)41-13-40-22/h1-8,10-12,21,24-25,30,32H,9,13H2,(H,31,37)/t21-,24-,25-,29-/m0/s1. The first-order valence-corrected chi connectivity index (χ1v) is 13.1. The van der Waals surface area contributed by atoms with Gasteiger partial charge in [-0.3, -0.25) is 29.8 Å². The second-order valence-corrected chi connectivity index (χ2v) is 10.6. The lowest BCUT2D eigenvalue weighted by Crippen LogP contribution is -2.53. The molecule has 1 spiro atoms. The third kappa shape index (κ3) is 3.10. The predicted molar refractivity (Wildman–Crippen MR) is 144 cm³/mol. The van der Waals surface area contributed by atoms with Crippen molar-refractivity contribution in [1.82, 2.24) is 10.3 Å². The van der Waals surface area contributed by atoms with E-state index >= 15 is 0 Å². The molecule has 3 N–H and O–H groups in total. The Morgan fingerprint density at radius 2 is 1.83 bits per heavy atom. The number of rotatable bonds is 4. The molecule has 0 saturated carbocycles. The van der Waals surface area contributed by atoms with E-state index in [2.05, 4.69) is 15.6 Å². The molecule has 0 radical (unpaired) electrons. The Morgan fingerprint density at radius 3 is 2.68 bits per heavy atom. The predicted octanol–water partition coefficient (Wildman–Crippen LogP) is 2.97. The number of aromatic nitrogens is 1. The lowest BCUT2D eigenvalue weighted by Gasteiger charge is -2.29. The van der Waals surface area contributed by atoms with Gasteiger partial charge in [-0.15, -0.1) is 0 Å². The van der Waals surface area contributed by atoms with E-state index in [-0.39, 0.29) is 18.0 Å². The van der Waals surface area contributed by atoms with E-state index in [0.29, 0.717) is 29.3 Å². The van der Waals surface area contributed by atoms with E-state index in [9.17, 15) is 24.5 Å². The van der Waals surface area contributed by atoms with Crippen LogP contribution < -0.4 is 25.0 Å². The van der Waals surface area contributed by atoms with Gasteiger partial charge in [0.2, 0.25) is 24.5 Å². The minimum atomic E-state index is -1.68. The Hall–Kier alpha value is -5.23. The Bertz CT molecular complexity index is 1850. The van der Waals surface area contributed by atoms with Gasteiger partial charge >= 0.3 is 0 Å². The molecule has 12 nitrogen and oxygen atoms in total. The average Bonchev–Trinajstić information content (AvgIpc) is 3.76. The first-order chi connectivity index (χ1) is 19.9.